The van der Waals surface area contributed by atoms with E-state index in [0.717, 1.165) is 11.5 Å². The third-order valence-electron chi connectivity index (χ3n) is 6.25. The van der Waals surface area contributed by atoms with Gasteiger partial charge in [-0.1, -0.05) is 36.4 Å². The second-order valence-corrected chi connectivity index (χ2v) is 7.75. The molecule has 0 radical (unpaired) electrons. The van der Waals surface area contributed by atoms with Crippen LogP contribution in [0.15, 0.2) is 54.7 Å². The van der Waals surface area contributed by atoms with Crippen LogP contribution in [-0.4, -0.2) is 9.55 Å². The highest BCUT2D eigenvalue weighted by Crippen LogP contribution is 2.38. The Bertz CT molecular complexity index is 1410. The topological polar surface area (TPSA) is 21.7 Å². The predicted molar refractivity (Wildman–Crippen MR) is 117 cm³/mol. The summed E-state index contributed by atoms with van der Waals surface area (Å²) in [6.07, 6.45) is 2.14. The van der Waals surface area contributed by atoms with Crippen LogP contribution in [0.4, 0.5) is 0 Å². The largest absolute Gasteiger partial charge is 0.331 e. The number of aromatic nitrogens is 3. The van der Waals surface area contributed by atoms with Crippen molar-refractivity contribution >= 4 is 32.4 Å². The molecule has 3 aromatic carbocycles. The van der Waals surface area contributed by atoms with Gasteiger partial charge in [-0.15, -0.1) is 0 Å². The number of pyridine rings is 1. The van der Waals surface area contributed by atoms with E-state index in [1.165, 1.54) is 49.3 Å². The summed E-state index contributed by atoms with van der Waals surface area (Å²) in [5.74, 6) is 1.04. The maximum atomic E-state index is 4.87. The van der Waals surface area contributed by atoms with Gasteiger partial charge in [0.15, 0.2) is 6.20 Å². The van der Waals surface area contributed by atoms with Crippen molar-refractivity contribution in [1.29, 1.82) is 0 Å². The molecule has 2 heterocycles. The van der Waals surface area contributed by atoms with E-state index < -0.39 is 0 Å². The second-order valence-electron chi connectivity index (χ2n) is 7.75. The summed E-state index contributed by atoms with van der Waals surface area (Å²) in [6.45, 7) is 6.45. The molecule has 0 saturated carbocycles. The normalized spacial score (nSPS) is 11.8. The number of nitrogens with zero attached hydrogens (tertiary/aromatic N) is 3. The molecule has 3 nitrogen and oxygen atoms in total. The second kappa shape index (κ2) is 5.90. The molecule has 0 bridgehead atoms. The summed E-state index contributed by atoms with van der Waals surface area (Å²) in [6, 6.07) is 17.6. The molecule has 3 heteroatoms. The Morgan fingerprint density at radius 1 is 0.821 bits per heavy atom. The first-order chi connectivity index (χ1) is 13.5. The van der Waals surface area contributed by atoms with Gasteiger partial charge in [0.2, 0.25) is 5.52 Å². The number of benzene rings is 3. The number of imidazole rings is 1. The molecule has 0 N–H and O–H groups in total. The van der Waals surface area contributed by atoms with Gasteiger partial charge >= 0.3 is 0 Å². The summed E-state index contributed by atoms with van der Waals surface area (Å²) in [7, 11) is 4.24. The Hall–Kier alpha value is -3.20. The van der Waals surface area contributed by atoms with Crippen molar-refractivity contribution in [2.75, 3.05) is 0 Å². The molecule has 0 unspecified atom stereocenters. The Morgan fingerprint density at radius 3 is 2.18 bits per heavy atom. The lowest BCUT2D eigenvalue weighted by Gasteiger charge is -2.14. The lowest BCUT2D eigenvalue weighted by molar-refractivity contribution is -0.644. The molecule has 0 fully saturated rings. The van der Waals surface area contributed by atoms with Crippen LogP contribution in [-0.2, 0) is 14.1 Å². The molecule has 138 valence electrons. The Labute approximate surface area is 164 Å². The molecule has 0 amide bonds. The van der Waals surface area contributed by atoms with Crippen molar-refractivity contribution in [3.05, 3.63) is 71.7 Å². The Kier molecular flexibility index (Phi) is 3.57. The van der Waals surface area contributed by atoms with E-state index in [9.17, 15) is 0 Å². The SMILES string of the molecule is Cc1nc(-c2ccc3c4ccccc4c4ccc[n+](C)c4c3c2C)n(C)c1C. The van der Waals surface area contributed by atoms with Gasteiger partial charge in [0.05, 0.1) is 16.5 Å². The Morgan fingerprint density at radius 2 is 1.50 bits per heavy atom. The van der Waals surface area contributed by atoms with E-state index in [0.29, 0.717) is 0 Å². The smallest absolute Gasteiger partial charge is 0.221 e. The highest BCUT2D eigenvalue weighted by molar-refractivity contribution is 6.24. The zero-order valence-corrected chi connectivity index (χ0v) is 17.0. The van der Waals surface area contributed by atoms with Crippen LogP contribution in [0.25, 0.3) is 43.8 Å². The third kappa shape index (κ3) is 2.16. The minimum absolute atomic E-state index is 1.04. The Balaban J connectivity index is 2.02. The summed E-state index contributed by atoms with van der Waals surface area (Å²) in [5, 5.41) is 6.51. The van der Waals surface area contributed by atoms with Crippen LogP contribution in [0.3, 0.4) is 0 Å². The number of rotatable bonds is 1. The van der Waals surface area contributed by atoms with Gasteiger partial charge in [0.25, 0.3) is 0 Å². The number of hydrogen-bond acceptors (Lipinski definition) is 1. The van der Waals surface area contributed by atoms with E-state index in [1.807, 2.05) is 0 Å². The quantitative estimate of drug-likeness (QED) is 0.291. The zero-order valence-electron chi connectivity index (χ0n) is 17.0. The molecule has 5 aromatic rings. The molecular formula is C25H24N3+. The fourth-order valence-corrected chi connectivity index (χ4v) is 4.53. The van der Waals surface area contributed by atoms with Crippen LogP contribution in [0, 0.1) is 20.8 Å². The van der Waals surface area contributed by atoms with E-state index in [1.54, 1.807) is 0 Å². The van der Waals surface area contributed by atoms with Gasteiger partial charge in [0.1, 0.15) is 12.9 Å². The van der Waals surface area contributed by atoms with Crippen molar-refractivity contribution in [2.24, 2.45) is 14.1 Å². The van der Waals surface area contributed by atoms with Gasteiger partial charge in [0, 0.05) is 24.4 Å². The standard InChI is InChI=1S/C25H24N3/c1-15-18(25-26-16(2)17(3)28(25)5)12-13-21-19-9-6-7-10-20(19)22-11-8-14-27(4)24(22)23(15)21/h6-14H,1-5H3/q+1. The molecular weight excluding hydrogens is 342 g/mol. The molecule has 0 saturated heterocycles. The first kappa shape index (κ1) is 16.9. The minimum Gasteiger partial charge on any atom is -0.331 e. The van der Waals surface area contributed by atoms with E-state index >= 15 is 0 Å². The molecule has 0 aliphatic heterocycles. The van der Waals surface area contributed by atoms with Gasteiger partial charge in [-0.05, 0) is 48.6 Å². The number of hydrogen-bond donors (Lipinski definition) is 0. The lowest BCUT2D eigenvalue weighted by atomic mass is 9.92. The highest BCUT2D eigenvalue weighted by Gasteiger charge is 2.20. The first-order valence-electron chi connectivity index (χ1n) is 9.71. The van der Waals surface area contributed by atoms with Crippen LogP contribution >= 0.6 is 0 Å². The summed E-state index contributed by atoms with van der Waals surface area (Å²) >= 11 is 0. The average molecular weight is 366 g/mol. The third-order valence-corrected chi connectivity index (χ3v) is 6.25. The fourth-order valence-electron chi connectivity index (χ4n) is 4.53. The molecule has 5 rings (SSSR count). The fraction of sp³-hybridized carbons (Fsp3) is 0.200. The predicted octanol–water partition coefficient (Wildman–Crippen LogP) is 5.30. The molecule has 0 spiro atoms. The summed E-state index contributed by atoms with van der Waals surface area (Å²) < 4.78 is 4.45. The van der Waals surface area contributed by atoms with Crippen LogP contribution in [0.5, 0.6) is 0 Å². The monoisotopic (exact) mass is 366 g/mol. The van der Waals surface area contributed by atoms with E-state index in [2.05, 4.69) is 98.7 Å². The molecule has 0 atom stereocenters. The summed E-state index contributed by atoms with van der Waals surface area (Å²) in [4.78, 5) is 4.87. The van der Waals surface area contributed by atoms with Crippen molar-refractivity contribution in [3.8, 4) is 11.4 Å². The van der Waals surface area contributed by atoms with Crippen molar-refractivity contribution in [1.82, 2.24) is 9.55 Å². The summed E-state index contributed by atoms with van der Waals surface area (Å²) in [5.41, 5.74) is 6.06. The molecule has 0 aliphatic rings. The number of aryl methyl sites for hydroxylation is 3. The van der Waals surface area contributed by atoms with Crippen molar-refractivity contribution in [3.63, 3.8) is 0 Å². The first-order valence-corrected chi connectivity index (χ1v) is 9.71. The van der Waals surface area contributed by atoms with Gasteiger partial charge in [-0.3, -0.25) is 0 Å². The van der Waals surface area contributed by atoms with E-state index in [-0.39, 0.29) is 0 Å². The molecule has 0 aliphatic carbocycles. The van der Waals surface area contributed by atoms with Crippen LogP contribution in [0.2, 0.25) is 0 Å². The number of fused-ring (bicyclic) bond motifs is 6. The molecule has 2 aromatic heterocycles. The maximum Gasteiger partial charge on any atom is 0.221 e. The molecule has 28 heavy (non-hydrogen) atoms. The van der Waals surface area contributed by atoms with Crippen molar-refractivity contribution < 1.29 is 4.57 Å². The van der Waals surface area contributed by atoms with Crippen LogP contribution < -0.4 is 4.57 Å². The minimum atomic E-state index is 1.04. The van der Waals surface area contributed by atoms with Gasteiger partial charge < -0.3 is 4.57 Å². The van der Waals surface area contributed by atoms with Crippen LogP contribution in [0.1, 0.15) is 17.0 Å². The zero-order chi connectivity index (χ0) is 19.6. The highest BCUT2D eigenvalue weighted by atomic mass is 15.1. The van der Waals surface area contributed by atoms with E-state index in [4.69, 9.17) is 4.98 Å². The van der Waals surface area contributed by atoms with Crippen molar-refractivity contribution in [2.45, 2.75) is 20.8 Å². The maximum absolute atomic E-state index is 4.87. The van der Waals surface area contributed by atoms with Gasteiger partial charge in [-0.25, -0.2) is 9.55 Å². The van der Waals surface area contributed by atoms with Gasteiger partial charge in [-0.2, -0.15) is 0 Å². The average Bonchev–Trinajstić information content (AvgIpc) is 2.95. The lowest BCUT2D eigenvalue weighted by Crippen LogP contribution is -2.28.